The topological polar surface area (TPSA) is 73.9 Å². The molecule has 0 radical (unpaired) electrons. The lowest BCUT2D eigenvalue weighted by molar-refractivity contribution is 0.164. The molecule has 1 aromatic carbocycles. The highest BCUT2D eigenvalue weighted by Gasteiger charge is 2.25. The van der Waals surface area contributed by atoms with E-state index in [2.05, 4.69) is 0 Å². The second-order valence-electron chi connectivity index (χ2n) is 3.59. The molecule has 0 amide bonds. The average Bonchev–Trinajstić information content (AvgIpc) is 2.37. The highest BCUT2D eigenvalue weighted by Crippen LogP contribution is 2.46. The van der Waals surface area contributed by atoms with Crippen molar-refractivity contribution in [1.29, 1.82) is 0 Å². The van der Waals surface area contributed by atoms with E-state index in [1.165, 1.54) is 7.11 Å². The van der Waals surface area contributed by atoms with Gasteiger partial charge in [-0.15, -0.1) is 0 Å². The molecule has 2 rings (SSSR count). The van der Waals surface area contributed by atoms with E-state index in [0.29, 0.717) is 41.0 Å². The van der Waals surface area contributed by atoms with Gasteiger partial charge in [0.15, 0.2) is 11.5 Å². The molecule has 0 aromatic heterocycles. The van der Waals surface area contributed by atoms with Gasteiger partial charge in [0.05, 0.1) is 13.2 Å². The maximum absolute atomic E-state index is 9.81. The van der Waals surface area contributed by atoms with Gasteiger partial charge in [-0.05, 0) is 6.07 Å². The second-order valence-corrected chi connectivity index (χ2v) is 3.97. The molecule has 6 heteroatoms. The summed E-state index contributed by atoms with van der Waals surface area (Å²) in [6.45, 7) is 0.967. The Morgan fingerprint density at radius 1 is 1.53 bits per heavy atom. The van der Waals surface area contributed by atoms with E-state index in [4.69, 9.17) is 31.5 Å². The zero-order valence-electron chi connectivity index (χ0n) is 9.40. The van der Waals surface area contributed by atoms with Gasteiger partial charge in [0.25, 0.3) is 0 Å². The summed E-state index contributed by atoms with van der Waals surface area (Å²) >= 11 is 6.15. The van der Waals surface area contributed by atoms with Crippen LogP contribution in [-0.4, -0.2) is 32.0 Å². The summed E-state index contributed by atoms with van der Waals surface area (Å²) in [6.07, 6.45) is -0.849. The fourth-order valence-electron chi connectivity index (χ4n) is 1.73. The van der Waals surface area contributed by atoms with Crippen LogP contribution in [-0.2, 0) is 0 Å². The van der Waals surface area contributed by atoms with Crippen molar-refractivity contribution in [3.8, 4) is 17.2 Å². The number of aliphatic hydroxyl groups is 1. The Morgan fingerprint density at radius 3 is 2.88 bits per heavy atom. The summed E-state index contributed by atoms with van der Waals surface area (Å²) in [5.74, 6) is 1.32. The number of benzene rings is 1. The van der Waals surface area contributed by atoms with Crippen molar-refractivity contribution in [2.24, 2.45) is 5.73 Å². The zero-order chi connectivity index (χ0) is 12.4. The Balaban J connectivity index is 2.55. The minimum atomic E-state index is -0.849. The lowest BCUT2D eigenvalue weighted by Gasteiger charge is -2.23. The molecule has 0 spiro atoms. The van der Waals surface area contributed by atoms with Crippen LogP contribution in [0.4, 0.5) is 0 Å². The minimum Gasteiger partial charge on any atom is -0.495 e. The van der Waals surface area contributed by atoms with Gasteiger partial charge in [0, 0.05) is 12.1 Å². The average molecular weight is 260 g/mol. The quantitative estimate of drug-likeness (QED) is 0.851. The summed E-state index contributed by atoms with van der Waals surface area (Å²) in [6, 6.07) is 1.65. The standard InChI is InChI=1S/C11H14ClNO4/c1-15-10-6(7(14)5-13)4-8-11(9(10)12)17-3-2-16-8/h4,7,14H,2-3,5,13H2,1H3. The van der Waals surface area contributed by atoms with Gasteiger partial charge in [-0.1, -0.05) is 11.6 Å². The van der Waals surface area contributed by atoms with Gasteiger partial charge in [-0.3, -0.25) is 0 Å². The fraction of sp³-hybridized carbons (Fsp3) is 0.455. The lowest BCUT2D eigenvalue weighted by Crippen LogP contribution is -2.18. The highest BCUT2D eigenvalue weighted by molar-refractivity contribution is 6.34. The van der Waals surface area contributed by atoms with Gasteiger partial charge in [-0.25, -0.2) is 0 Å². The summed E-state index contributed by atoms with van der Waals surface area (Å²) in [5.41, 5.74) is 5.94. The van der Waals surface area contributed by atoms with Crippen LogP contribution in [0.3, 0.4) is 0 Å². The third kappa shape index (κ3) is 2.13. The largest absolute Gasteiger partial charge is 0.495 e. The number of hydrogen-bond acceptors (Lipinski definition) is 5. The minimum absolute atomic E-state index is 0.0757. The summed E-state index contributed by atoms with van der Waals surface area (Å²) in [4.78, 5) is 0. The van der Waals surface area contributed by atoms with Crippen LogP contribution in [0, 0.1) is 0 Å². The van der Waals surface area contributed by atoms with Crippen LogP contribution < -0.4 is 19.9 Å². The predicted octanol–water partition coefficient (Wildman–Crippen LogP) is 1.11. The Bertz CT molecular complexity index is 424. The molecular weight excluding hydrogens is 246 g/mol. The summed E-state index contributed by atoms with van der Waals surface area (Å²) in [7, 11) is 1.48. The van der Waals surface area contributed by atoms with E-state index in [9.17, 15) is 5.11 Å². The van der Waals surface area contributed by atoms with E-state index >= 15 is 0 Å². The Morgan fingerprint density at radius 2 is 2.24 bits per heavy atom. The molecule has 1 aliphatic heterocycles. The smallest absolute Gasteiger partial charge is 0.183 e. The maximum atomic E-state index is 9.81. The first-order valence-electron chi connectivity index (χ1n) is 5.23. The maximum Gasteiger partial charge on any atom is 0.183 e. The molecule has 3 N–H and O–H groups in total. The van der Waals surface area contributed by atoms with Crippen molar-refractivity contribution < 1.29 is 19.3 Å². The Hall–Kier alpha value is -1.17. The van der Waals surface area contributed by atoms with Crippen molar-refractivity contribution in [3.05, 3.63) is 16.7 Å². The summed E-state index contributed by atoms with van der Waals surface area (Å²) in [5, 5.41) is 10.1. The molecule has 1 atom stereocenters. The third-order valence-corrected chi connectivity index (χ3v) is 2.89. The molecule has 1 aromatic rings. The first-order valence-corrected chi connectivity index (χ1v) is 5.61. The van der Waals surface area contributed by atoms with Crippen molar-refractivity contribution >= 4 is 11.6 Å². The molecule has 0 saturated carbocycles. The molecule has 0 fully saturated rings. The lowest BCUT2D eigenvalue weighted by atomic mass is 10.1. The number of aliphatic hydroxyl groups excluding tert-OH is 1. The molecule has 0 aliphatic carbocycles. The Kier molecular flexibility index (Phi) is 3.61. The molecule has 0 saturated heterocycles. The Labute approximate surface area is 104 Å². The predicted molar refractivity (Wildman–Crippen MR) is 63.0 cm³/mol. The molecular formula is C11H14ClNO4. The van der Waals surface area contributed by atoms with E-state index in [1.807, 2.05) is 0 Å². The number of nitrogens with two attached hydrogens (primary N) is 1. The number of ether oxygens (including phenoxy) is 3. The van der Waals surface area contributed by atoms with Crippen molar-refractivity contribution in [2.45, 2.75) is 6.10 Å². The number of fused-ring (bicyclic) bond motifs is 1. The molecule has 1 unspecified atom stereocenters. The zero-order valence-corrected chi connectivity index (χ0v) is 10.2. The summed E-state index contributed by atoms with van der Waals surface area (Å²) < 4.78 is 16.0. The molecule has 5 nitrogen and oxygen atoms in total. The normalized spacial score (nSPS) is 15.5. The molecule has 1 heterocycles. The van der Waals surface area contributed by atoms with Crippen molar-refractivity contribution in [3.63, 3.8) is 0 Å². The van der Waals surface area contributed by atoms with E-state index < -0.39 is 6.10 Å². The van der Waals surface area contributed by atoms with Crippen LogP contribution in [0.2, 0.25) is 5.02 Å². The third-order valence-electron chi connectivity index (χ3n) is 2.54. The van der Waals surface area contributed by atoms with Gasteiger partial charge in [0.1, 0.15) is 24.0 Å². The van der Waals surface area contributed by atoms with Gasteiger partial charge in [0.2, 0.25) is 0 Å². The van der Waals surface area contributed by atoms with Crippen molar-refractivity contribution in [1.82, 2.24) is 0 Å². The molecule has 94 valence electrons. The van der Waals surface area contributed by atoms with Crippen LogP contribution in [0.15, 0.2) is 6.07 Å². The number of methoxy groups -OCH3 is 1. The van der Waals surface area contributed by atoms with Gasteiger partial charge in [-0.2, -0.15) is 0 Å². The number of hydrogen-bond donors (Lipinski definition) is 2. The fourth-order valence-corrected chi connectivity index (χ4v) is 2.06. The van der Waals surface area contributed by atoms with Gasteiger partial charge >= 0.3 is 0 Å². The monoisotopic (exact) mass is 259 g/mol. The van der Waals surface area contributed by atoms with Crippen LogP contribution in [0.1, 0.15) is 11.7 Å². The highest BCUT2D eigenvalue weighted by atomic mass is 35.5. The van der Waals surface area contributed by atoms with E-state index in [0.717, 1.165) is 0 Å². The first kappa shape index (κ1) is 12.3. The number of rotatable bonds is 3. The molecule has 17 heavy (non-hydrogen) atoms. The second kappa shape index (κ2) is 5.00. The molecule has 1 aliphatic rings. The van der Waals surface area contributed by atoms with Crippen LogP contribution in [0.5, 0.6) is 17.2 Å². The van der Waals surface area contributed by atoms with E-state index in [-0.39, 0.29) is 6.54 Å². The number of halogens is 1. The van der Waals surface area contributed by atoms with Crippen LogP contribution >= 0.6 is 11.6 Å². The van der Waals surface area contributed by atoms with E-state index in [1.54, 1.807) is 6.07 Å². The van der Waals surface area contributed by atoms with Crippen molar-refractivity contribution in [2.75, 3.05) is 26.9 Å². The molecule has 0 bridgehead atoms. The first-order chi connectivity index (χ1) is 8.19. The van der Waals surface area contributed by atoms with Gasteiger partial charge < -0.3 is 25.1 Å². The van der Waals surface area contributed by atoms with Crippen LogP contribution in [0.25, 0.3) is 0 Å². The SMILES string of the molecule is COc1c(C(O)CN)cc2c(c1Cl)OCCO2.